The number of benzene rings is 1. The van der Waals surface area contributed by atoms with E-state index in [-0.39, 0.29) is 0 Å². The molecule has 0 saturated carbocycles. The van der Waals surface area contributed by atoms with Crippen molar-refractivity contribution in [1.29, 1.82) is 0 Å². The minimum Gasteiger partial charge on any atom is -0.326 e. The minimum atomic E-state index is 0.682. The van der Waals surface area contributed by atoms with Crippen molar-refractivity contribution in [3.8, 4) is 0 Å². The summed E-state index contributed by atoms with van der Waals surface area (Å²) in [7, 11) is 0. The van der Waals surface area contributed by atoms with Crippen molar-refractivity contribution >= 4 is 17.3 Å². The molecule has 0 fully saturated rings. The number of para-hydroxylation sites is 1. The molecule has 0 aliphatic heterocycles. The molecule has 106 valence electrons. The van der Waals surface area contributed by atoms with Crippen molar-refractivity contribution in [2.24, 2.45) is 5.84 Å². The van der Waals surface area contributed by atoms with Gasteiger partial charge >= 0.3 is 0 Å². The molecule has 0 saturated heterocycles. The molecule has 20 heavy (non-hydrogen) atoms. The number of nitrogen functional groups attached to an aromatic ring is 1. The second kappa shape index (κ2) is 6.34. The lowest BCUT2D eigenvalue weighted by atomic mass is 10.2. The quantitative estimate of drug-likeness (QED) is 0.646. The second-order valence-corrected chi connectivity index (χ2v) is 4.51. The van der Waals surface area contributed by atoms with E-state index >= 15 is 0 Å². The van der Waals surface area contributed by atoms with E-state index in [0.717, 1.165) is 35.9 Å². The molecule has 1 aromatic heterocycles. The fourth-order valence-electron chi connectivity index (χ4n) is 2.17. The van der Waals surface area contributed by atoms with E-state index in [0.29, 0.717) is 5.82 Å². The number of nitrogens with two attached hydrogens (primary N) is 1. The first-order chi connectivity index (χ1) is 9.71. The van der Waals surface area contributed by atoms with Crippen LogP contribution in [0, 0.1) is 6.92 Å². The van der Waals surface area contributed by atoms with Crippen LogP contribution in [0.2, 0.25) is 0 Å². The monoisotopic (exact) mass is 271 g/mol. The van der Waals surface area contributed by atoms with Crippen molar-refractivity contribution in [3.63, 3.8) is 0 Å². The number of hydrazine groups is 1. The molecule has 0 radical (unpaired) electrons. The zero-order chi connectivity index (χ0) is 14.5. The van der Waals surface area contributed by atoms with Crippen molar-refractivity contribution in [2.45, 2.75) is 27.2 Å². The number of aryl methyl sites for hydroxylation is 1. The van der Waals surface area contributed by atoms with Gasteiger partial charge in [-0.1, -0.05) is 25.1 Å². The van der Waals surface area contributed by atoms with Gasteiger partial charge in [-0.3, -0.25) is 0 Å². The van der Waals surface area contributed by atoms with Crippen LogP contribution in [0.4, 0.5) is 17.3 Å². The number of nitrogens with one attached hydrogen (secondary N) is 1. The van der Waals surface area contributed by atoms with Gasteiger partial charge in [-0.05, 0) is 26.0 Å². The van der Waals surface area contributed by atoms with Gasteiger partial charge in [0.25, 0.3) is 0 Å². The van der Waals surface area contributed by atoms with E-state index < -0.39 is 0 Å². The second-order valence-electron chi connectivity index (χ2n) is 4.51. The smallest absolute Gasteiger partial charge is 0.148 e. The van der Waals surface area contributed by atoms with E-state index in [1.54, 1.807) is 0 Å². The van der Waals surface area contributed by atoms with E-state index in [2.05, 4.69) is 39.4 Å². The average molecular weight is 271 g/mol. The van der Waals surface area contributed by atoms with Crippen LogP contribution in [0.5, 0.6) is 0 Å². The highest BCUT2D eigenvalue weighted by Gasteiger charge is 2.16. The van der Waals surface area contributed by atoms with Gasteiger partial charge in [-0.25, -0.2) is 15.8 Å². The molecule has 0 amide bonds. The zero-order valence-electron chi connectivity index (χ0n) is 12.2. The summed E-state index contributed by atoms with van der Waals surface area (Å²) in [4.78, 5) is 11.2. The summed E-state index contributed by atoms with van der Waals surface area (Å²) in [6, 6.07) is 10.2. The van der Waals surface area contributed by atoms with Crippen LogP contribution in [-0.2, 0) is 6.42 Å². The van der Waals surface area contributed by atoms with Gasteiger partial charge in [0, 0.05) is 24.2 Å². The van der Waals surface area contributed by atoms with Crippen molar-refractivity contribution < 1.29 is 0 Å². The van der Waals surface area contributed by atoms with Crippen molar-refractivity contribution in [3.05, 3.63) is 41.7 Å². The first-order valence-electron chi connectivity index (χ1n) is 6.87. The van der Waals surface area contributed by atoms with Crippen LogP contribution in [0.3, 0.4) is 0 Å². The molecular weight excluding hydrogens is 250 g/mol. The van der Waals surface area contributed by atoms with Crippen molar-refractivity contribution in [1.82, 2.24) is 9.97 Å². The Morgan fingerprint density at radius 1 is 1.15 bits per heavy atom. The first-order valence-corrected chi connectivity index (χ1v) is 6.87. The molecule has 1 heterocycles. The predicted molar refractivity (Wildman–Crippen MR) is 83.1 cm³/mol. The number of hydrogen-bond donors (Lipinski definition) is 2. The van der Waals surface area contributed by atoms with E-state index in [1.807, 2.05) is 32.0 Å². The van der Waals surface area contributed by atoms with Crippen LogP contribution in [0.25, 0.3) is 0 Å². The number of anilines is 3. The van der Waals surface area contributed by atoms with Crippen LogP contribution < -0.4 is 16.2 Å². The van der Waals surface area contributed by atoms with E-state index in [1.165, 1.54) is 0 Å². The number of aromatic nitrogens is 2. The molecule has 0 bridgehead atoms. The fourth-order valence-corrected chi connectivity index (χ4v) is 2.17. The van der Waals surface area contributed by atoms with Gasteiger partial charge in [0.1, 0.15) is 17.5 Å². The van der Waals surface area contributed by atoms with Gasteiger partial charge < -0.3 is 10.3 Å². The third kappa shape index (κ3) is 2.72. The maximum atomic E-state index is 5.56. The number of hydrogen-bond acceptors (Lipinski definition) is 5. The van der Waals surface area contributed by atoms with Crippen LogP contribution in [0.15, 0.2) is 30.3 Å². The first kappa shape index (κ1) is 14.3. The summed E-state index contributed by atoms with van der Waals surface area (Å²) in [6.07, 6.45) is 0.772. The maximum Gasteiger partial charge on any atom is 0.148 e. The summed E-state index contributed by atoms with van der Waals surface area (Å²) >= 11 is 0. The molecule has 2 aromatic rings. The highest BCUT2D eigenvalue weighted by Crippen LogP contribution is 2.29. The van der Waals surface area contributed by atoms with Gasteiger partial charge in [0.2, 0.25) is 0 Å². The maximum absolute atomic E-state index is 5.56. The normalized spacial score (nSPS) is 10.4. The summed E-state index contributed by atoms with van der Waals surface area (Å²) in [5, 5.41) is 0. The number of rotatable bonds is 5. The molecule has 3 N–H and O–H groups in total. The minimum absolute atomic E-state index is 0.682. The Kier molecular flexibility index (Phi) is 4.53. The molecule has 5 heteroatoms. The Bertz CT molecular complexity index is 568. The van der Waals surface area contributed by atoms with Gasteiger partial charge in [0.05, 0.1) is 0 Å². The Labute approximate surface area is 119 Å². The van der Waals surface area contributed by atoms with Crippen LogP contribution >= 0.6 is 0 Å². The lowest BCUT2D eigenvalue weighted by Crippen LogP contribution is -2.21. The lowest BCUT2D eigenvalue weighted by Gasteiger charge is -2.25. The molecule has 1 aromatic carbocycles. The molecule has 0 aliphatic carbocycles. The van der Waals surface area contributed by atoms with E-state index in [9.17, 15) is 0 Å². The summed E-state index contributed by atoms with van der Waals surface area (Å²) < 4.78 is 0. The Morgan fingerprint density at radius 3 is 2.40 bits per heavy atom. The summed E-state index contributed by atoms with van der Waals surface area (Å²) in [5.41, 5.74) is 4.73. The van der Waals surface area contributed by atoms with Gasteiger partial charge in [-0.2, -0.15) is 0 Å². The summed E-state index contributed by atoms with van der Waals surface area (Å²) in [6.45, 7) is 6.95. The molecule has 2 rings (SSSR count). The van der Waals surface area contributed by atoms with Crippen LogP contribution in [-0.4, -0.2) is 16.5 Å². The Balaban J connectivity index is 2.54. The average Bonchev–Trinajstić information content (AvgIpc) is 2.50. The lowest BCUT2D eigenvalue weighted by molar-refractivity contribution is 0.891. The third-order valence-corrected chi connectivity index (χ3v) is 3.26. The van der Waals surface area contributed by atoms with Crippen molar-refractivity contribution in [2.75, 3.05) is 16.9 Å². The van der Waals surface area contributed by atoms with Gasteiger partial charge in [0.15, 0.2) is 0 Å². The number of nitrogens with zero attached hydrogens (tertiary/aromatic N) is 3. The fraction of sp³-hybridized carbons (Fsp3) is 0.333. The topological polar surface area (TPSA) is 67.1 Å². The van der Waals surface area contributed by atoms with E-state index in [4.69, 9.17) is 5.84 Å². The van der Waals surface area contributed by atoms with Gasteiger partial charge in [-0.15, -0.1) is 0 Å². The Morgan fingerprint density at radius 2 is 1.85 bits per heavy atom. The summed E-state index contributed by atoms with van der Waals surface area (Å²) in [5.74, 6) is 7.93. The SMILES string of the molecule is CCc1nc(NN)c(C)c(N(CC)c2ccccc2)n1. The highest BCUT2D eigenvalue weighted by molar-refractivity contribution is 5.67. The molecule has 0 atom stereocenters. The predicted octanol–water partition coefficient (Wildman–Crippen LogP) is 2.79. The van der Waals surface area contributed by atoms with Crippen LogP contribution in [0.1, 0.15) is 25.2 Å². The molecule has 0 aliphatic rings. The standard InChI is InChI=1S/C15H21N5/c1-4-13-17-14(19-16)11(3)15(18-13)20(5-2)12-9-7-6-8-10-12/h6-10H,4-5,16H2,1-3H3,(H,17,18,19). The largest absolute Gasteiger partial charge is 0.326 e. The molecule has 0 spiro atoms. The zero-order valence-corrected chi connectivity index (χ0v) is 12.2. The highest BCUT2D eigenvalue weighted by atomic mass is 15.3. The molecular formula is C15H21N5. The third-order valence-electron chi connectivity index (χ3n) is 3.26. The Hall–Kier alpha value is -2.14. The molecule has 0 unspecified atom stereocenters. The molecule has 5 nitrogen and oxygen atoms in total.